The van der Waals surface area contributed by atoms with Gasteiger partial charge in [-0.1, -0.05) is 54.1 Å². The lowest BCUT2D eigenvalue weighted by molar-refractivity contribution is -0.140. The van der Waals surface area contributed by atoms with Gasteiger partial charge in [-0.25, -0.2) is 9.18 Å². The summed E-state index contributed by atoms with van der Waals surface area (Å²) in [5, 5.41) is 5.65. The van der Waals surface area contributed by atoms with Gasteiger partial charge >= 0.3 is 12.2 Å². The molecular formula is C24H22ClF4N3O. The normalized spacial score (nSPS) is 13.5. The molecule has 0 radical (unpaired) electrons. The standard InChI is InChI=1S/C24H22ClF4N3O/c1-15(2)31-22(33)32-23(13-16-7-4-3-5-8-16,20-12-11-17(25)14-30-20)18-9-6-10-19(21(18)26)24(27,28)29/h3-12,14-15H,13H2,1-2H3,(H2,31,32,33)/t23-/m1/s1. The summed E-state index contributed by atoms with van der Waals surface area (Å²) in [6.45, 7) is 3.45. The summed E-state index contributed by atoms with van der Waals surface area (Å²) in [5.74, 6) is -1.48. The van der Waals surface area contributed by atoms with Gasteiger partial charge in [0.05, 0.1) is 16.3 Å². The van der Waals surface area contributed by atoms with Gasteiger partial charge in [0.25, 0.3) is 0 Å². The maximum atomic E-state index is 15.5. The first-order valence-electron chi connectivity index (χ1n) is 10.1. The third-order valence-corrected chi connectivity index (χ3v) is 5.21. The average Bonchev–Trinajstić information content (AvgIpc) is 2.73. The topological polar surface area (TPSA) is 54.0 Å². The summed E-state index contributed by atoms with van der Waals surface area (Å²) in [5.41, 5.74) is -2.79. The SMILES string of the molecule is CC(C)NC(=O)N[C@@](Cc1ccccc1)(c1ccc(Cl)cn1)c1cccc(C(F)(F)F)c1F. The fraction of sp³-hybridized carbons (Fsp3) is 0.250. The maximum Gasteiger partial charge on any atom is 0.419 e. The second-order valence-corrected chi connectivity index (χ2v) is 8.28. The van der Waals surface area contributed by atoms with Gasteiger partial charge in [-0.3, -0.25) is 4.98 Å². The van der Waals surface area contributed by atoms with E-state index < -0.39 is 29.1 Å². The van der Waals surface area contributed by atoms with Crippen LogP contribution in [-0.4, -0.2) is 17.1 Å². The molecule has 2 amide bonds. The summed E-state index contributed by atoms with van der Waals surface area (Å²) in [7, 11) is 0. The Morgan fingerprint density at radius 2 is 1.67 bits per heavy atom. The minimum atomic E-state index is -4.92. The zero-order chi connectivity index (χ0) is 24.2. The first-order chi connectivity index (χ1) is 15.5. The van der Waals surface area contributed by atoms with E-state index in [2.05, 4.69) is 15.6 Å². The van der Waals surface area contributed by atoms with Crippen molar-refractivity contribution >= 4 is 17.6 Å². The highest BCUT2D eigenvalue weighted by atomic mass is 35.5. The van der Waals surface area contributed by atoms with E-state index in [4.69, 9.17) is 11.6 Å². The van der Waals surface area contributed by atoms with Gasteiger partial charge in [-0.15, -0.1) is 0 Å². The van der Waals surface area contributed by atoms with Gasteiger partial charge in [0.15, 0.2) is 0 Å². The molecule has 0 fully saturated rings. The molecule has 1 heterocycles. The van der Waals surface area contributed by atoms with E-state index in [9.17, 15) is 18.0 Å². The average molecular weight is 480 g/mol. The van der Waals surface area contributed by atoms with Crippen LogP contribution >= 0.6 is 11.6 Å². The van der Waals surface area contributed by atoms with Crippen LogP contribution in [0.2, 0.25) is 5.02 Å². The number of hydrogen-bond acceptors (Lipinski definition) is 2. The molecule has 3 rings (SSSR count). The predicted octanol–water partition coefficient (Wildman–Crippen LogP) is 6.09. The maximum absolute atomic E-state index is 15.5. The Morgan fingerprint density at radius 1 is 1.00 bits per heavy atom. The number of halogens is 5. The number of carbonyl (C=O) groups excluding carboxylic acids is 1. The van der Waals surface area contributed by atoms with Gasteiger partial charge in [-0.05, 0) is 37.6 Å². The lowest BCUT2D eigenvalue weighted by Crippen LogP contribution is -2.54. The van der Waals surface area contributed by atoms with Crippen molar-refractivity contribution < 1.29 is 22.4 Å². The first-order valence-corrected chi connectivity index (χ1v) is 10.5. The molecule has 0 saturated heterocycles. The summed E-state index contributed by atoms with van der Waals surface area (Å²) in [4.78, 5) is 17.1. The van der Waals surface area contributed by atoms with Crippen molar-refractivity contribution in [2.45, 2.75) is 38.0 Å². The number of carbonyl (C=O) groups is 1. The molecule has 0 bridgehead atoms. The Balaban J connectivity index is 2.31. The van der Waals surface area contributed by atoms with Crippen LogP contribution in [0.4, 0.5) is 22.4 Å². The molecule has 1 aromatic heterocycles. The number of rotatable bonds is 6. The molecule has 0 saturated carbocycles. The highest BCUT2D eigenvalue weighted by molar-refractivity contribution is 6.30. The van der Waals surface area contributed by atoms with Crippen LogP contribution in [0, 0.1) is 5.82 Å². The molecule has 33 heavy (non-hydrogen) atoms. The molecule has 0 aliphatic heterocycles. The van der Waals surface area contributed by atoms with Crippen molar-refractivity contribution in [2.24, 2.45) is 0 Å². The number of aromatic nitrogens is 1. The molecule has 1 atom stereocenters. The minimum absolute atomic E-state index is 0.0633. The Labute approximate surface area is 194 Å². The van der Waals surface area contributed by atoms with E-state index in [0.717, 1.165) is 6.07 Å². The second kappa shape index (κ2) is 9.79. The van der Waals surface area contributed by atoms with Crippen molar-refractivity contribution in [1.82, 2.24) is 15.6 Å². The molecule has 3 aromatic rings. The molecule has 9 heteroatoms. The number of pyridine rings is 1. The Morgan fingerprint density at radius 3 is 2.24 bits per heavy atom. The molecule has 0 aliphatic rings. The zero-order valence-corrected chi connectivity index (χ0v) is 18.6. The van der Waals surface area contributed by atoms with E-state index in [-0.39, 0.29) is 28.7 Å². The zero-order valence-electron chi connectivity index (χ0n) is 17.9. The molecule has 0 spiro atoms. The highest BCUT2D eigenvalue weighted by Gasteiger charge is 2.43. The minimum Gasteiger partial charge on any atom is -0.336 e. The second-order valence-electron chi connectivity index (χ2n) is 7.85. The van der Waals surface area contributed by atoms with Gasteiger partial charge < -0.3 is 10.6 Å². The lowest BCUT2D eigenvalue weighted by Gasteiger charge is -2.36. The molecular weight excluding hydrogens is 458 g/mol. The predicted molar refractivity (Wildman–Crippen MR) is 118 cm³/mol. The van der Waals surface area contributed by atoms with Crippen LogP contribution in [-0.2, 0) is 18.1 Å². The van der Waals surface area contributed by atoms with Crippen molar-refractivity contribution in [2.75, 3.05) is 0 Å². The van der Waals surface area contributed by atoms with E-state index >= 15 is 4.39 Å². The Bertz CT molecular complexity index is 1100. The molecule has 174 valence electrons. The number of nitrogens with zero attached hydrogens (tertiary/aromatic N) is 1. The van der Waals surface area contributed by atoms with Crippen LogP contribution in [0.15, 0.2) is 66.9 Å². The number of hydrogen-bond donors (Lipinski definition) is 2. The van der Waals surface area contributed by atoms with Gasteiger partial charge in [0, 0.05) is 24.2 Å². The number of benzene rings is 2. The van der Waals surface area contributed by atoms with E-state index in [0.29, 0.717) is 11.6 Å². The molecule has 4 nitrogen and oxygen atoms in total. The number of urea groups is 1. The van der Waals surface area contributed by atoms with E-state index in [1.807, 2.05) is 0 Å². The van der Waals surface area contributed by atoms with Crippen molar-refractivity contribution in [3.05, 3.63) is 100 Å². The van der Waals surface area contributed by atoms with E-state index in [1.165, 1.54) is 24.4 Å². The summed E-state index contributed by atoms with van der Waals surface area (Å²) >= 11 is 5.97. The van der Waals surface area contributed by atoms with Gasteiger partial charge in [0.1, 0.15) is 11.4 Å². The number of nitrogens with one attached hydrogen (secondary N) is 2. The fourth-order valence-electron chi connectivity index (χ4n) is 3.60. The third kappa shape index (κ3) is 5.63. The van der Waals surface area contributed by atoms with Crippen LogP contribution in [0.1, 0.15) is 36.2 Å². The van der Waals surface area contributed by atoms with Crippen molar-refractivity contribution in [3.8, 4) is 0 Å². The molecule has 2 aromatic carbocycles. The largest absolute Gasteiger partial charge is 0.419 e. The lowest BCUT2D eigenvalue weighted by atomic mass is 9.79. The monoisotopic (exact) mass is 479 g/mol. The molecule has 2 N–H and O–H groups in total. The third-order valence-electron chi connectivity index (χ3n) is 4.99. The first kappa shape index (κ1) is 24.5. The number of amides is 2. The fourth-order valence-corrected chi connectivity index (χ4v) is 3.71. The van der Waals surface area contributed by atoms with Crippen LogP contribution in [0.25, 0.3) is 0 Å². The Hall–Kier alpha value is -3.13. The van der Waals surface area contributed by atoms with Crippen molar-refractivity contribution in [1.29, 1.82) is 0 Å². The highest BCUT2D eigenvalue weighted by Crippen LogP contribution is 2.39. The van der Waals surface area contributed by atoms with Crippen LogP contribution in [0.3, 0.4) is 0 Å². The molecule has 0 aliphatic carbocycles. The van der Waals surface area contributed by atoms with Crippen LogP contribution in [0.5, 0.6) is 0 Å². The smallest absolute Gasteiger partial charge is 0.336 e. The number of alkyl halides is 3. The van der Waals surface area contributed by atoms with E-state index in [1.54, 1.807) is 44.2 Å². The summed E-state index contributed by atoms with van der Waals surface area (Å²) in [6, 6.07) is 13.7. The summed E-state index contributed by atoms with van der Waals surface area (Å²) < 4.78 is 56.2. The summed E-state index contributed by atoms with van der Waals surface area (Å²) in [6.07, 6.45) is -3.69. The van der Waals surface area contributed by atoms with Gasteiger partial charge in [0.2, 0.25) is 0 Å². The molecule has 0 unspecified atom stereocenters. The Kier molecular flexibility index (Phi) is 7.27. The quantitative estimate of drug-likeness (QED) is 0.420. The van der Waals surface area contributed by atoms with Gasteiger partial charge in [-0.2, -0.15) is 13.2 Å². The van der Waals surface area contributed by atoms with Crippen LogP contribution < -0.4 is 10.6 Å². The van der Waals surface area contributed by atoms with Crippen molar-refractivity contribution in [3.63, 3.8) is 0 Å².